The first-order chi connectivity index (χ1) is 8.90. The highest BCUT2D eigenvalue weighted by Gasteiger charge is 2.25. The van der Waals surface area contributed by atoms with E-state index in [9.17, 15) is 13.2 Å². The van der Waals surface area contributed by atoms with E-state index in [0.717, 1.165) is 25.7 Å². The van der Waals surface area contributed by atoms with Gasteiger partial charge in [-0.2, -0.15) is 0 Å². The minimum Gasteiger partial charge on any atom is -0.478 e. The Labute approximate surface area is 113 Å². The summed E-state index contributed by atoms with van der Waals surface area (Å²) in [5.41, 5.74) is 0.639. The quantitative estimate of drug-likeness (QED) is 0.921. The fourth-order valence-electron chi connectivity index (χ4n) is 2.61. The van der Waals surface area contributed by atoms with Crippen LogP contribution >= 0.6 is 0 Å². The number of carboxylic acids is 1. The molecule has 5 heteroatoms. The Balaban J connectivity index is 2.29. The van der Waals surface area contributed by atoms with Crippen LogP contribution in [-0.4, -0.2) is 25.2 Å². The van der Waals surface area contributed by atoms with Crippen LogP contribution in [0.15, 0.2) is 23.1 Å². The summed E-state index contributed by atoms with van der Waals surface area (Å²) in [5, 5.41) is 9.05. The monoisotopic (exact) mass is 282 g/mol. The van der Waals surface area contributed by atoms with Gasteiger partial charge in [0.1, 0.15) is 0 Å². The molecule has 0 bridgehead atoms. The average molecular weight is 282 g/mol. The number of benzene rings is 1. The zero-order chi connectivity index (χ0) is 14.0. The smallest absolute Gasteiger partial charge is 0.335 e. The molecule has 0 heterocycles. The molecule has 4 nitrogen and oxygen atoms in total. The van der Waals surface area contributed by atoms with Gasteiger partial charge in [-0.15, -0.1) is 0 Å². The van der Waals surface area contributed by atoms with Gasteiger partial charge in [-0.3, -0.25) is 0 Å². The van der Waals surface area contributed by atoms with Gasteiger partial charge >= 0.3 is 5.97 Å². The Morgan fingerprint density at radius 2 is 1.95 bits per heavy atom. The second-order valence-corrected chi connectivity index (χ2v) is 7.25. The van der Waals surface area contributed by atoms with E-state index in [0.29, 0.717) is 5.56 Å². The van der Waals surface area contributed by atoms with Crippen molar-refractivity contribution in [1.29, 1.82) is 0 Å². The Bertz CT molecular complexity index is 583. The fourth-order valence-corrected chi connectivity index (χ4v) is 4.33. The maximum absolute atomic E-state index is 12.3. The molecule has 1 aromatic carbocycles. The van der Waals surface area contributed by atoms with Crippen LogP contribution in [0.1, 0.15) is 41.6 Å². The predicted octanol–water partition coefficient (Wildman–Crippen LogP) is 2.66. The molecule has 0 aliphatic heterocycles. The topological polar surface area (TPSA) is 71.4 Å². The van der Waals surface area contributed by atoms with E-state index in [1.165, 1.54) is 12.1 Å². The standard InChI is InChI=1S/C14H18O4S/c1-10-6-7-12(8-13(10)14(15)16)19(17,18)9-11-4-2-3-5-11/h6-8,11H,2-5,9H2,1H3,(H,15,16). The lowest BCUT2D eigenvalue weighted by atomic mass is 10.1. The molecule has 19 heavy (non-hydrogen) atoms. The van der Waals surface area contributed by atoms with Crippen molar-refractivity contribution in [3.63, 3.8) is 0 Å². The minimum atomic E-state index is -3.38. The summed E-state index contributed by atoms with van der Waals surface area (Å²) in [6, 6.07) is 4.35. The molecule has 104 valence electrons. The van der Waals surface area contributed by atoms with E-state index < -0.39 is 15.8 Å². The largest absolute Gasteiger partial charge is 0.478 e. The van der Waals surface area contributed by atoms with Crippen LogP contribution in [-0.2, 0) is 9.84 Å². The van der Waals surface area contributed by atoms with Gasteiger partial charge in [-0.25, -0.2) is 13.2 Å². The van der Waals surface area contributed by atoms with Gasteiger partial charge in [0, 0.05) is 0 Å². The Kier molecular flexibility index (Phi) is 3.94. The van der Waals surface area contributed by atoms with Gasteiger partial charge in [0.15, 0.2) is 9.84 Å². The highest BCUT2D eigenvalue weighted by molar-refractivity contribution is 7.91. The second-order valence-electron chi connectivity index (χ2n) is 5.21. The molecule has 1 saturated carbocycles. The molecule has 1 N–H and O–H groups in total. The zero-order valence-electron chi connectivity index (χ0n) is 10.9. The fraction of sp³-hybridized carbons (Fsp3) is 0.500. The van der Waals surface area contributed by atoms with E-state index in [4.69, 9.17) is 5.11 Å². The maximum Gasteiger partial charge on any atom is 0.335 e. The van der Waals surface area contributed by atoms with Crippen LogP contribution in [0.2, 0.25) is 0 Å². The summed E-state index contributed by atoms with van der Waals surface area (Å²) in [4.78, 5) is 11.2. The third-order valence-corrected chi connectivity index (χ3v) is 5.61. The molecular weight excluding hydrogens is 264 g/mol. The third-order valence-electron chi connectivity index (χ3n) is 3.73. The Morgan fingerprint density at radius 3 is 2.53 bits per heavy atom. The first-order valence-electron chi connectivity index (χ1n) is 6.47. The van der Waals surface area contributed by atoms with E-state index in [1.54, 1.807) is 13.0 Å². The van der Waals surface area contributed by atoms with E-state index in [2.05, 4.69) is 0 Å². The van der Waals surface area contributed by atoms with Crippen molar-refractivity contribution in [1.82, 2.24) is 0 Å². The molecule has 0 radical (unpaired) electrons. The van der Waals surface area contributed by atoms with Crippen LogP contribution in [0.4, 0.5) is 0 Å². The number of hydrogen-bond donors (Lipinski definition) is 1. The highest BCUT2D eigenvalue weighted by Crippen LogP contribution is 2.28. The van der Waals surface area contributed by atoms with Crippen LogP contribution in [0.25, 0.3) is 0 Å². The number of hydrogen-bond acceptors (Lipinski definition) is 3. The number of aromatic carboxylic acids is 1. The molecule has 2 rings (SSSR count). The molecule has 0 aromatic heterocycles. The molecule has 0 atom stereocenters. The lowest BCUT2D eigenvalue weighted by molar-refractivity contribution is 0.0696. The van der Waals surface area contributed by atoms with Gasteiger partial charge in [0.25, 0.3) is 0 Å². The molecule has 0 spiro atoms. The average Bonchev–Trinajstić information content (AvgIpc) is 2.80. The molecule has 1 fully saturated rings. The van der Waals surface area contributed by atoms with Crippen molar-refractivity contribution < 1.29 is 18.3 Å². The number of carboxylic acid groups (broad SMARTS) is 1. The lowest BCUT2D eigenvalue weighted by Crippen LogP contribution is -2.15. The predicted molar refractivity (Wildman–Crippen MR) is 72.1 cm³/mol. The molecule has 0 saturated heterocycles. The van der Waals surface area contributed by atoms with Crippen molar-refractivity contribution in [2.24, 2.45) is 5.92 Å². The summed E-state index contributed by atoms with van der Waals surface area (Å²) in [6.45, 7) is 1.66. The minimum absolute atomic E-state index is 0.0625. The van der Waals surface area contributed by atoms with E-state index >= 15 is 0 Å². The summed E-state index contributed by atoms with van der Waals surface area (Å²) < 4.78 is 24.6. The second kappa shape index (κ2) is 5.33. The first kappa shape index (κ1) is 14.1. The summed E-state index contributed by atoms with van der Waals surface area (Å²) in [7, 11) is -3.38. The zero-order valence-corrected chi connectivity index (χ0v) is 11.7. The number of sulfone groups is 1. The number of rotatable bonds is 4. The third kappa shape index (κ3) is 3.15. The van der Waals surface area contributed by atoms with Crippen LogP contribution in [0.5, 0.6) is 0 Å². The van der Waals surface area contributed by atoms with Crippen molar-refractivity contribution in [3.05, 3.63) is 29.3 Å². The van der Waals surface area contributed by atoms with Gasteiger partial charge in [0.05, 0.1) is 16.2 Å². The summed E-state index contributed by atoms with van der Waals surface area (Å²) >= 11 is 0. The molecule has 1 aliphatic rings. The summed E-state index contributed by atoms with van der Waals surface area (Å²) in [5.74, 6) is -0.732. The Morgan fingerprint density at radius 1 is 1.32 bits per heavy atom. The number of carbonyl (C=O) groups is 1. The Hall–Kier alpha value is -1.36. The van der Waals surface area contributed by atoms with Crippen molar-refractivity contribution in [2.45, 2.75) is 37.5 Å². The van der Waals surface area contributed by atoms with Gasteiger partial charge < -0.3 is 5.11 Å². The SMILES string of the molecule is Cc1ccc(S(=O)(=O)CC2CCCC2)cc1C(=O)O. The van der Waals surface area contributed by atoms with Gasteiger partial charge in [-0.1, -0.05) is 18.9 Å². The van der Waals surface area contributed by atoms with Gasteiger partial charge in [-0.05, 0) is 43.4 Å². The lowest BCUT2D eigenvalue weighted by Gasteiger charge is -2.11. The van der Waals surface area contributed by atoms with Crippen LogP contribution in [0.3, 0.4) is 0 Å². The van der Waals surface area contributed by atoms with Gasteiger partial charge in [0.2, 0.25) is 0 Å². The number of aryl methyl sites for hydroxylation is 1. The first-order valence-corrected chi connectivity index (χ1v) is 8.12. The van der Waals surface area contributed by atoms with Crippen LogP contribution in [0, 0.1) is 12.8 Å². The van der Waals surface area contributed by atoms with E-state index in [1.807, 2.05) is 0 Å². The maximum atomic E-state index is 12.3. The van der Waals surface area contributed by atoms with Crippen molar-refractivity contribution >= 4 is 15.8 Å². The molecule has 1 aliphatic carbocycles. The van der Waals surface area contributed by atoms with Crippen molar-refractivity contribution in [2.75, 3.05) is 5.75 Å². The normalized spacial score (nSPS) is 16.7. The van der Waals surface area contributed by atoms with Crippen LogP contribution < -0.4 is 0 Å². The molecular formula is C14H18O4S. The summed E-state index contributed by atoms with van der Waals surface area (Å²) in [6.07, 6.45) is 4.09. The molecule has 0 unspecified atom stereocenters. The molecule has 0 amide bonds. The highest BCUT2D eigenvalue weighted by atomic mass is 32.2. The molecule has 1 aromatic rings. The van der Waals surface area contributed by atoms with E-state index in [-0.39, 0.29) is 22.1 Å². The van der Waals surface area contributed by atoms with Crippen molar-refractivity contribution in [3.8, 4) is 0 Å².